The maximum Gasteiger partial charge on any atom is 0.317 e. The molecule has 0 radical (unpaired) electrons. The van der Waals surface area contributed by atoms with Crippen LogP contribution in [0, 0.1) is 0 Å². The molecule has 1 aromatic heterocycles. The molecule has 0 spiro atoms. The number of carbonyl (C=O) groups excluding carboxylic acids is 1. The summed E-state index contributed by atoms with van der Waals surface area (Å²) in [5, 5.41) is 15.4. The Morgan fingerprint density at radius 1 is 1.31 bits per heavy atom. The zero-order chi connectivity index (χ0) is 23.2. The Bertz CT molecular complexity index is 992. The van der Waals surface area contributed by atoms with Crippen molar-refractivity contribution in [2.45, 2.75) is 77.5 Å². The molecule has 2 aliphatic rings. The lowest BCUT2D eigenvalue weighted by molar-refractivity contribution is 0.0779. The van der Waals surface area contributed by atoms with Gasteiger partial charge in [0, 0.05) is 48.5 Å². The fraction of sp³-hybridized carbons (Fsp3) is 0.640. The van der Waals surface area contributed by atoms with Crippen molar-refractivity contribution in [1.82, 2.24) is 20.1 Å². The first-order chi connectivity index (χ1) is 15.2. The van der Waals surface area contributed by atoms with Gasteiger partial charge in [-0.3, -0.25) is 4.90 Å². The molecule has 1 aliphatic heterocycles. The highest BCUT2D eigenvalue weighted by Gasteiger charge is 2.42. The molecule has 1 saturated heterocycles. The van der Waals surface area contributed by atoms with Crippen molar-refractivity contribution in [3.05, 3.63) is 33.4 Å². The summed E-state index contributed by atoms with van der Waals surface area (Å²) in [6.45, 7) is 13.3. The van der Waals surface area contributed by atoms with Gasteiger partial charge in [-0.05, 0) is 92.2 Å². The zero-order valence-electron chi connectivity index (χ0n) is 20.0. The number of likely N-dealkylation sites (tertiary alicyclic amines) is 1. The van der Waals surface area contributed by atoms with Crippen LogP contribution in [0.1, 0.15) is 70.1 Å². The Labute approximate surface area is 199 Å². The van der Waals surface area contributed by atoms with E-state index in [1.807, 2.05) is 32.6 Å². The minimum Gasteiger partial charge on any atom is -0.386 e. The molecular formula is C25H37BrN4O2. The van der Waals surface area contributed by atoms with Gasteiger partial charge in [-0.25, -0.2) is 4.79 Å². The van der Waals surface area contributed by atoms with Crippen LogP contribution in [0.3, 0.4) is 0 Å². The number of nitrogens with zero attached hydrogens (tertiary/aromatic N) is 2. The number of aromatic amines is 1. The Morgan fingerprint density at radius 3 is 2.66 bits per heavy atom. The van der Waals surface area contributed by atoms with E-state index in [1.54, 1.807) is 0 Å². The van der Waals surface area contributed by atoms with Gasteiger partial charge in [0.05, 0.1) is 10.2 Å². The number of hydrogen-bond donors (Lipinski definition) is 3. The number of fused-ring (bicyclic) bond motifs is 2. The largest absolute Gasteiger partial charge is 0.386 e. The molecule has 6 nitrogen and oxygen atoms in total. The Kier molecular flexibility index (Phi) is 6.63. The van der Waals surface area contributed by atoms with Crippen LogP contribution in [-0.2, 0) is 12.0 Å². The third kappa shape index (κ3) is 4.19. The van der Waals surface area contributed by atoms with Gasteiger partial charge >= 0.3 is 6.03 Å². The van der Waals surface area contributed by atoms with E-state index in [4.69, 9.17) is 0 Å². The molecule has 1 aromatic carbocycles. The van der Waals surface area contributed by atoms with Crippen molar-refractivity contribution >= 4 is 32.9 Å². The van der Waals surface area contributed by atoms with Crippen LogP contribution in [0.15, 0.2) is 16.7 Å². The topological polar surface area (TPSA) is 71.6 Å². The molecule has 2 amide bonds. The maximum absolute atomic E-state index is 12.8. The van der Waals surface area contributed by atoms with Crippen LogP contribution in [0.2, 0.25) is 0 Å². The van der Waals surface area contributed by atoms with Crippen molar-refractivity contribution in [2.24, 2.45) is 0 Å². The number of aromatic nitrogens is 1. The average molecular weight is 506 g/mol. The van der Waals surface area contributed by atoms with E-state index < -0.39 is 5.60 Å². The zero-order valence-corrected chi connectivity index (χ0v) is 21.6. The van der Waals surface area contributed by atoms with Crippen LogP contribution in [0.5, 0.6) is 0 Å². The van der Waals surface area contributed by atoms with Crippen molar-refractivity contribution in [3.63, 3.8) is 0 Å². The standard InChI is InChI=1S/C25H37BrN4O2/c1-6-9-30-14-16(27-24(31)29(7-2)8-3)12-17-18-10-15(25(4,5)32)11-20-22(18)19(13-21(17)30)23(26)28-20/h10-11,16-17,21,28,32H,6-9,12-14H2,1-5H3,(H,27,31)/t16-,17+,21+/m0/s1. The number of nitrogens with one attached hydrogen (secondary N) is 2. The van der Waals surface area contributed by atoms with Gasteiger partial charge in [-0.15, -0.1) is 0 Å². The summed E-state index contributed by atoms with van der Waals surface area (Å²) in [7, 11) is 0. The number of aliphatic hydroxyl groups is 1. The van der Waals surface area contributed by atoms with Crippen molar-refractivity contribution in [3.8, 4) is 0 Å². The average Bonchev–Trinajstić information content (AvgIpc) is 3.05. The molecule has 3 atom stereocenters. The third-order valence-electron chi connectivity index (χ3n) is 7.32. The molecular weight excluding hydrogens is 468 g/mol. The molecule has 3 N–H and O–H groups in total. The van der Waals surface area contributed by atoms with Crippen molar-refractivity contribution in [1.29, 1.82) is 0 Å². The third-order valence-corrected chi connectivity index (χ3v) is 7.99. The minimum atomic E-state index is -0.913. The number of H-pyrrole nitrogens is 1. The van der Waals surface area contributed by atoms with Gasteiger partial charge in [0.25, 0.3) is 0 Å². The van der Waals surface area contributed by atoms with Gasteiger partial charge in [-0.2, -0.15) is 0 Å². The molecule has 2 heterocycles. The minimum absolute atomic E-state index is 0.0335. The van der Waals surface area contributed by atoms with Gasteiger partial charge in [-0.1, -0.05) is 13.0 Å². The number of rotatable bonds is 6. The Balaban J connectivity index is 1.75. The van der Waals surface area contributed by atoms with Crippen molar-refractivity contribution < 1.29 is 9.90 Å². The number of benzene rings is 1. The van der Waals surface area contributed by atoms with Crippen LogP contribution < -0.4 is 5.32 Å². The second kappa shape index (κ2) is 8.99. The summed E-state index contributed by atoms with van der Waals surface area (Å²) in [4.78, 5) is 20.8. The number of urea groups is 1. The number of amides is 2. The SMILES string of the molecule is CCCN1C[C@@H](NC(=O)N(CC)CC)C[C@@H]2c3cc(C(C)(C)O)cc4[nH]c(Br)c(c34)C[C@H]21. The highest BCUT2D eigenvalue weighted by Crippen LogP contribution is 2.47. The Morgan fingerprint density at radius 2 is 2.03 bits per heavy atom. The Hall–Kier alpha value is -1.57. The second-order valence-electron chi connectivity index (χ2n) is 9.89. The van der Waals surface area contributed by atoms with E-state index in [9.17, 15) is 9.90 Å². The highest BCUT2D eigenvalue weighted by molar-refractivity contribution is 9.10. The van der Waals surface area contributed by atoms with Gasteiger partial charge in [0.15, 0.2) is 0 Å². The maximum atomic E-state index is 12.8. The van der Waals surface area contributed by atoms with Gasteiger partial charge in [0.1, 0.15) is 0 Å². The summed E-state index contributed by atoms with van der Waals surface area (Å²) in [5.74, 6) is 0.317. The predicted molar refractivity (Wildman–Crippen MR) is 133 cm³/mol. The fourth-order valence-electron chi connectivity index (χ4n) is 5.69. The molecule has 1 aliphatic carbocycles. The molecule has 32 heavy (non-hydrogen) atoms. The van der Waals surface area contributed by atoms with E-state index in [0.29, 0.717) is 12.0 Å². The molecule has 4 rings (SSSR count). The smallest absolute Gasteiger partial charge is 0.317 e. The molecule has 176 valence electrons. The molecule has 7 heteroatoms. The fourth-order valence-corrected chi connectivity index (χ4v) is 6.27. The summed E-state index contributed by atoms with van der Waals surface area (Å²) in [6.07, 6.45) is 3.00. The summed E-state index contributed by atoms with van der Waals surface area (Å²) >= 11 is 3.77. The lowest BCUT2D eigenvalue weighted by atomic mass is 9.72. The number of halogens is 1. The first-order valence-electron chi connectivity index (χ1n) is 12.0. The van der Waals surface area contributed by atoms with Crippen LogP contribution >= 0.6 is 15.9 Å². The van der Waals surface area contributed by atoms with E-state index in [2.05, 4.69) is 50.2 Å². The quantitative estimate of drug-likeness (QED) is 0.533. The van der Waals surface area contributed by atoms with Crippen LogP contribution in [0.4, 0.5) is 4.79 Å². The van der Waals surface area contributed by atoms with E-state index in [0.717, 1.165) is 61.1 Å². The molecule has 0 unspecified atom stereocenters. The first kappa shape index (κ1) is 23.6. The highest BCUT2D eigenvalue weighted by atomic mass is 79.9. The normalized spacial score (nSPS) is 23.3. The first-order valence-corrected chi connectivity index (χ1v) is 12.8. The molecule has 0 saturated carbocycles. The monoisotopic (exact) mass is 504 g/mol. The van der Waals surface area contributed by atoms with Crippen molar-refractivity contribution in [2.75, 3.05) is 26.2 Å². The lowest BCUT2D eigenvalue weighted by Crippen LogP contribution is -2.58. The summed E-state index contributed by atoms with van der Waals surface area (Å²) in [5.41, 5.74) is 3.73. The summed E-state index contributed by atoms with van der Waals surface area (Å²) in [6, 6.07) is 4.84. The van der Waals surface area contributed by atoms with Crippen LogP contribution in [-0.4, -0.2) is 64.2 Å². The van der Waals surface area contributed by atoms with Gasteiger partial charge < -0.3 is 20.3 Å². The lowest BCUT2D eigenvalue weighted by Gasteiger charge is -2.47. The number of hydrogen-bond acceptors (Lipinski definition) is 3. The number of carbonyl (C=O) groups is 1. The summed E-state index contributed by atoms with van der Waals surface area (Å²) < 4.78 is 1.05. The van der Waals surface area contributed by atoms with E-state index in [1.165, 1.54) is 16.5 Å². The second-order valence-corrected chi connectivity index (χ2v) is 10.7. The van der Waals surface area contributed by atoms with E-state index in [-0.39, 0.29) is 12.1 Å². The van der Waals surface area contributed by atoms with Crippen LogP contribution in [0.25, 0.3) is 10.9 Å². The number of piperidine rings is 1. The van der Waals surface area contributed by atoms with E-state index >= 15 is 0 Å². The molecule has 0 bridgehead atoms. The molecule has 1 fully saturated rings. The molecule has 2 aromatic rings. The predicted octanol–water partition coefficient (Wildman–Crippen LogP) is 4.70. The van der Waals surface area contributed by atoms with Gasteiger partial charge in [0.2, 0.25) is 0 Å².